The summed E-state index contributed by atoms with van der Waals surface area (Å²) in [5.74, 6) is 0.638. The van der Waals surface area contributed by atoms with Gasteiger partial charge in [0.25, 0.3) is 0 Å². The highest BCUT2D eigenvalue weighted by atomic mass is 127. The van der Waals surface area contributed by atoms with Crippen LogP contribution in [0.25, 0.3) is 0 Å². The number of halogens is 3. The van der Waals surface area contributed by atoms with E-state index in [1.807, 2.05) is 6.07 Å². The van der Waals surface area contributed by atoms with Crippen molar-refractivity contribution in [3.8, 4) is 5.75 Å². The van der Waals surface area contributed by atoms with Gasteiger partial charge in [0.15, 0.2) is 12.8 Å². The van der Waals surface area contributed by atoms with E-state index in [2.05, 4.69) is 15.6 Å². The number of benzene rings is 2. The van der Waals surface area contributed by atoms with Gasteiger partial charge in [-0.3, -0.25) is 4.99 Å². The normalized spacial score (nSPS) is 13.2. The lowest BCUT2D eigenvalue weighted by Crippen LogP contribution is -2.38. The Labute approximate surface area is 174 Å². The molecule has 2 aromatic carbocycles. The molecule has 8 heteroatoms. The maximum absolute atomic E-state index is 13.8. The lowest BCUT2D eigenvalue weighted by molar-refractivity contribution is -0.0172. The smallest absolute Gasteiger partial charge is 0.191 e. The molecule has 2 aromatic rings. The molecule has 0 radical (unpaired) electrons. The first kappa shape index (κ1) is 21.4. The van der Waals surface area contributed by atoms with Crippen LogP contribution in [0.1, 0.15) is 16.7 Å². The third-order valence-corrected chi connectivity index (χ3v) is 4.07. The van der Waals surface area contributed by atoms with E-state index in [0.29, 0.717) is 54.5 Å². The second-order valence-electron chi connectivity index (χ2n) is 5.86. The Balaban J connectivity index is 0.00000261. The van der Waals surface area contributed by atoms with Crippen LogP contribution in [0.5, 0.6) is 5.75 Å². The van der Waals surface area contributed by atoms with Crippen LogP contribution in [-0.4, -0.2) is 26.3 Å². The van der Waals surface area contributed by atoms with Crippen LogP contribution in [0.3, 0.4) is 0 Å². The molecule has 0 atom stereocenters. The summed E-state index contributed by atoms with van der Waals surface area (Å²) in [7, 11) is 1.64. The number of nitrogens with zero attached hydrogens (tertiary/aromatic N) is 1. The van der Waals surface area contributed by atoms with E-state index in [1.165, 1.54) is 18.2 Å². The zero-order chi connectivity index (χ0) is 18.4. The van der Waals surface area contributed by atoms with Crippen molar-refractivity contribution in [3.63, 3.8) is 0 Å². The van der Waals surface area contributed by atoms with E-state index >= 15 is 0 Å². The average Bonchev–Trinajstić information content (AvgIpc) is 2.65. The van der Waals surface area contributed by atoms with E-state index in [-0.39, 0.29) is 42.4 Å². The second kappa shape index (κ2) is 10.4. The minimum atomic E-state index is -0.336. The predicted octanol–water partition coefficient (Wildman–Crippen LogP) is 3.36. The summed E-state index contributed by atoms with van der Waals surface area (Å²) < 4.78 is 38.1. The summed E-state index contributed by atoms with van der Waals surface area (Å²) in [5, 5.41) is 6.24. The van der Waals surface area contributed by atoms with Crippen LogP contribution >= 0.6 is 24.0 Å². The number of aliphatic imine (C=N–C) groups is 1. The lowest BCUT2D eigenvalue weighted by Gasteiger charge is -2.21. The van der Waals surface area contributed by atoms with Gasteiger partial charge in [-0.1, -0.05) is 18.2 Å². The van der Waals surface area contributed by atoms with Gasteiger partial charge >= 0.3 is 0 Å². The fourth-order valence-corrected chi connectivity index (χ4v) is 2.80. The summed E-state index contributed by atoms with van der Waals surface area (Å²) in [6.07, 6.45) is 0.531. The highest BCUT2D eigenvalue weighted by molar-refractivity contribution is 14.0. The van der Waals surface area contributed by atoms with Crippen LogP contribution < -0.4 is 15.4 Å². The van der Waals surface area contributed by atoms with Crippen LogP contribution in [-0.2, 0) is 24.3 Å². The molecule has 146 valence electrons. The molecule has 0 saturated carbocycles. The molecule has 0 unspecified atom stereocenters. The van der Waals surface area contributed by atoms with Crippen molar-refractivity contribution in [2.45, 2.75) is 19.6 Å². The van der Waals surface area contributed by atoms with Crippen LogP contribution in [0, 0.1) is 11.6 Å². The number of hydrogen-bond acceptors (Lipinski definition) is 3. The number of rotatable bonds is 5. The minimum Gasteiger partial charge on any atom is -0.467 e. The summed E-state index contributed by atoms with van der Waals surface area (Å²) in [6, 6.07) is 9.52. The fraction of sp³-hybridized carbons (Fsp3) is 0.316. The minimum absolute atomic E-state index is 0. The molecule has 1 heterocycles. The van der Waals surface area contributed by atoms with Gasteiger partial charge in [0.05, 0.1) is 6.61 Å². The predicted molar refractivity (Wildman–Crippen MR) is 110 cm³/mol. The number of guanidine groups is 1. The Morgan fingerprint density at radius 2 is 1.96 bits per heavy atom. The number of nitrogens with one attached hydrogen (secondary N) is 2. The third kappa shape index (κ3) is 5.77. The number of ether oxygens (including phenoxy) is 2. The van der Waals surface area contributed by atoms with E-state index in [9.17, 15) is 8.78 Å². The molecule has 27 heavy (non-hydrogen) atoms. The van der Waals surface area contributed by atoms with Gasteiger partial charge in [0.1, 0.15) is 17.4 Å². The molecule has 0 saturated heterocycles. The molecular formula is C19H22F2IN3O2. The van der Waals surface area contributed by atoms with E-state index in [4.69, 9.17) is 9.47 Å². The van der Waals surface area contributed by atoms with E-state index < -0.39 is 0 Å². The fourth-order valence-electron chi connectivity index (χ4n) is 2.80. The Morgan fingerprint density at radius 1 is 1.15 bits per heavy atom. The Kier molecular flexibility index (Phi) is 8.23. The van der Waals surface area contributed by atoms with Crippen molar-refractivity contribution in [1.29, 1.82) is 0 Å². The molecule has 5 nitrogen and oxygen atoms in total. The molecule has 0 aromatic heterocycles. The van der Waals surface area contributed by atoms with E-state index in [1.54, 1.807) is 19.2 Å². The lowest BCUT2D eigenvalue weighted by atomic mass is 10.1. The van der Waals surface area contributed by atoms with Crippen LogP contribution in [0.2, 0.25) is 0 Å². The van der Waals surface area contributed by atoms with Crippen molar-refractivity contribution in [1.82, 2.24) is 10.6 Å². The van der Waals surface area contributed by atoms with Crippen molar-refractivity contribution in [2.24, 2.45) is 4.99 Å². The standard InChI is InChI=1S/C19H21F2N3O2.HI/c1-22-19(23-7-6-13-4-2-3-5-17(13)21)24-10-14-8-16(20)9-15-11-25-12-26-18(14)15;/h2-5,8-9H,6-7,10-12H2,1H3,(H2,22,23,24);1H. The monoisotopic (exact) mass is 489 g/mol. The highest BCUT2D eigenvalue weighted by Gasteiger charge is 2.17. The van der Waals surface area contributed by atoms with Crippen molar-refractivity contribution in [3.05, 3.63) is 64.7 Å². The van der Waals surface area contributed by atoms with Gasteiger partial charge in [-0.25, -0.2) is 8.78 Å². The molecular weight excluding hydrogens is 467 g/mol. The molecule has 0 amide bonds. The van der Waals surface area contributed by atoms with Gasteiger partial charge in [-0.05, 0) is 30.2 Å². The first-order valence-electron chi connectivity index (χ1n) is 8.37. The Morgan fingerprint density at radius 3 is 2.74 bits per heavy atom. The largest absolute Gasteiger partial charge is 0.467 e. The number of hydrogen-bond donors (Lipinski definition) is 2. The zero-order valence-electron chi connectivity index (χ0n) is 14.9. The number of fused-ring (bicyclic) bond motifs is 1. The summed E-state index contributed by atoms with van der Waals surface area (Å²) >= 11 is 0. The molecule has 0 bridgehead atoms. The van der Waals surface area contributed by atoms with Gasteiger partial charge in [0.2, 0.25) is 0 Å². The molecule has 1 aliphatic rings. The first-order chi connectivity index (χ1) is 12.7. The quantitative estimate of drug-likeness (QED) is 0.385. The van der Waals surface area contributed by atoms with Gasteiger partial charge in [-0.2, -0.15) is 0 Å². The highest BCUT2D eigenvalue weighted by Crippen LogP contribution is 2.29. The van der Waals surface area contributed by atoms with Crippen molar-refractivity contribution in [2.75, 3.05) is 20.4 Å². The van der Waals surface area contributed by atoms with Crippen LogP contribution in [0.4, 0.5) is 8.78 Å². The van der Waals surface area contributed by atoms with Crippen molar-refractivity contribution >= 4 is 29.9 Å². The van der Waals surface area contributed by atoms with Gasteiger partial charge in [0, 0.05) is 31.3 Å². The second-order valence-corrected chi connectivity index (χ2v) is 5.86. The molecule has 0 aliphatic carbocycles. The van der Waals surface area contributed by atoms with Gasteiger partial charge < -0.3 is 20.1 Å². The third-order valence-electron chi connectivity index (χ3n) is 4.07. The molecule has 0 spiro atoms. The molecule has 3 rings (SSSR count). The van der Waals surface area contributed by atoms with Crippen molar-refractivity contribution < 1.29 is 18.3 Å². The molecule has 0 fully saturated rings. The van der Waals surface area contributed by atoms with Gasteiger partial charge in [-0.15, -0.1) is 24.0 Å². The molecule has 1 aliphatic heterocycles. The van der Waals surface area contributed by atoms with E-state index in [0.717, 1.165) is 0 Å². The van der Waals surface area contributed by atoms with Crippen LogP contribution in [0.15, 0.2) is 41.4 Å². The first-order valence-corrected chi connectivity index (χ1v) is 8.37. The Hall–Kier alpha value is -1.94. The summed E-state index contributed by atoms with van der Waals surface area (Å²) in [6.45, 7) is 1.35. The summed E-state index contributed by atoms with van der Waals surface area (Å²) in [5.41, 5.74) is 2.03. The Bertz CT molecular complexity index is 803. The topological polar surface area (TPSA) is 54.9 Å². The zero-order valence-corrected chi connectivity index (χ0v) is 17.3. The summed E-state index contributed by atoms with van der Waals surface area (Å²) in [4.78, 5) is 4.13. The SMILES string of the molecule is CN=C(NCCc1ccccc1F)NCc1cc(F)cc2c1OCOC2.I. The maximum atomic E-state index is 13.8. The maximum Gasteiger partial charge on any atom is 0.191 e. The average molecular weight is 489 g/mol. The molecule has 2 N–H and O–H groups in total.